The van der Waals surface area contributed by atoms with Gasteiger partial charge in [-0.3, -0.25) is 4.79 Å². The van der Waals surface area contributed by atoms with Crippen molar-refractivity contribution in [3.8, 4) is 6.07 Å². The van der Waals surface area contributed by atoms with Gasteiger partial charge in [0.05, 0.1) is 11.6 Å². The highest BCUT2D eigenvalue weighted by atomic mass is 16.1. The second kappa shape index (κ2) is 8.00. The van der Waals surface area contributed by atoms with Crippen LogP contribution in [0.5, 0.6) is 0 Å². The third kappa shape index (κ3) is 4.86. The Balaban J connectivity index is 1.78. The lowest BCUT2D eigenvalue weighted by atomic mass is 10.1. The molecule has 4 heteroatoms. The predicted octanol–water partition coefficient (Wildman–Crippen LogP) is 2.99. The third-order valence-corrected chi connectivity index (χ3v) is 3.63. The van der Waals surface area contributed by atoms with E-state index < -0.39 is 0 Å². The van der Waals surface area contributed by atoms with Crippen molar-refractivity contribution in [1.82, 2.24) is 5.32 Å². The van der Waals surface area contributed by atoms with Crippen molar-refractivity contribution in [2.45, 2.75) is 12.8 Å². The lowest BCUT2D eigenvalue weighted by molar-refractivity contribution is 0.0953. The first-order chi connectivity index (χ1) is 11.1. The summed E-state index contributed by atoms with van der Waals surface area (Å²) < 4.78 is 0. The van der Waals surface area contributed by atoms with Gasteiger partial charge in [0.1, 0.15) is 0 Å². The summed E-state index contributed by atoms with van der Waals surface area (Å²) in [6.45, 7) is 0.616. The van der Waals surface area contributed by atoms with E-state index in [0.717, 1.165) is 12.8 Å². The Hall–Kier alpha value is -2.80. The van der Waals surface area contributed by atoms with E-state index in [4.69, 9.17) is 5.26 Å². The zero-order valence-corrected chi connectivity index (χ0v) is 13.5. The maximum Gasteiger partial charge on any atom is 0.251 e. The van der Waals surface area contributed by atoms with Crippen molar-refractivity contribution in [2.24, 2.45) is 0 Å². The number of benzene rings is 2. The van der Waals surface area contributed by atoms with Crippen LogP contribution in [-0.4, -0.2) is 26.5 Å². The van der Waals surface area contributed by atoms with Crippen LogP contribution < -0.4 is 10.2 Å². The van der Waals surface area contributed by atoms with Gasteiger partial charge >= 0.3 is 0 Å². The maximum atomic E-state index is 12.0. The molecule has 2 aromatic carbocycles. The molecule has 0 fully saturated rings. The van der Waals surface area contributed by atoms with Gasteiger partial charge in [0.25, 0.3) is 5.91 Å². The second-order valence-electron chi connectivity index (χ2n) is 5.61. The van der Waals surface area contributed by atoms with Crippen LogP contribution in [0.25, 0.3) is 0 Å². The molecule has 0 bridgehead atoms. The van der Waals surface area contributed by atoms with Crippen LogP contribution in [-0.2, 0) is 6.42 Å². The number of hydrogen-bond acceptors (Lipinski definition) is 3. The number of carbonyl (C=O) groups excluding carboxylic acids is 1. The molecule has 1 N–H and O–H groups in total. The number of aryl methyl sites for hydroxylation is 1. The number of nitrogens with one attached hydrogen (secondary N) is 1. The highest BCUT2D eigenvalue weighted by molar-refractivity contribution is 5.94. The van der Waals surface area contributed by atoms with E-state index in [-0.39, 0.29) is 5.91 Å². The van der Waals surface area contributed by atoms with Crippen LogP contribution in [0.3, 0.4) is 0 Å². The summed E-state index contributed by atoms with van der Waals surface area (Å²) in [5.74, 6) is -0.134. The molecule has 0 radical (unpaired) electrons. The maximum absolute atomic E-state index is 12.0. The standard InChI is InChI=1S/C19H21N3O/c1-22(2)18-10-8-15(9-11-18)6-4-12-21-19(23)17-7-3-5-16(13-17)14-20/h3,5,7-11,13H,4,6,12H2,1-2H3,(H,21,23). The first kappa shape index (κ1) is 16.6. The number of rotatable bonds is 6. The summed E-state index contributed by atoms with van der Waals surface area (Å²) in [6, 6.07) is 17.2. The monoisotopic (exact) mass is 307 g/mol. The molecule has 0 aliphatic carbocycles. The summed E-state index contributed by atoms with van der Waals surface area (Å²) in [5, 5.41) is 11.7. The van der Waals surface area contributed by atoms with Crippen molar-refractivity contribution in [2.75, 3.05) is 25.5 Å². The molecule has 0 atom stereocenters. The summed E-state index contributed by atoms with van der Waals surface area (Å²) >= 11 is 0. The fourth-order valence-electron chi connectivity index (χ4n) is 2.29. The summed E-state index contributed by atoms with van der Waals surface area (Å²) in [7, 11) is 4.04. The van der Waals surface area contributed by atoms with Gasteiger partial charge in [0.2, 0.25) is 0 Å². The predicted molar refractivity (Wildman–Crippen MR) is 92.6 cm³/mol. The van der Waals surface area contributed by atoms with Crippen molar-refractivity contribution < 1.29 is 4.79 Å². The molecule has 0 unspecified atom stereocenters. The molecule has 0 spiro atoms. The largest absolute Gasteiger partial charge is 0.378 e. The Labute approximate surface area is 137 Å². The fourth-order valence-corrected chi connectivity index (χ4v) is 2.29. The van der Waals surface area contributed by atoms with Crippen LogP contribution in [0, 0.1) is 11.3 Å². The summed E-state index contributed by atoms with van der Waals surface area (Å²) in [5.41, 5.74) is 3.47. The molecule has 2 aromatic rings. The quantitative estimate of drug-likeness (QED) is 0.835. The molecule has 23 heavy (non-hydrogen) atoms. The molecule has 4 nitrogen and oxygen atoms in total. The molecule has 0 saturated carbocycles. The minimum absolute atomic E-state index is 0.134. The smallest absolute Gasteiger partial charge is 0.251 e. The minimum Gasteiger partial charge on any atom is -0.378 e. The zero-order valence-electron chi connectivity index (χ0n) is 13.5. The Bertz CT molecular complexity index is 699. The average molecular weight is 307 g/mol. The van der Waals surface area contributed by atoms with Crippen LogP contribution in [0.4, 0.5) is 5.69 Å². The van der Waals surface area contributed by atoms with E-state index in [1.807, 2.05) is 20.2 Å². The fraction of sp³-hybridized carbons (Fsp3) is 0.263. The van der Waals surface area contributed by atoms with Crippen LogP contribution in [0.1, 0.15) is 27.9 Å². The van der Waals surface area contributed by atoms with E-state index >= 15 is 0 Å². The van der Waals surface area contributed by atoms with Gasteiger partial charge in [-0.2, -0.15) is 5.26 Å². The highest BCUT2D eigenvalue weighted by Gasteiger charge is 2.05. The van der Waals surface area contributed by atoms with Gasteiger partial charge in [0, 0.05) is 31.9 Å². The SMILES string of the molecule is CN(C)c1ccc(CCCNC(=O)c2cccc(C#N)c2)cc1. The van der Waals surface area contributed by atoms with Crippen molar-refractivity contribution in [3.05, 3.63) is 65.2 Å². The first-order valence-corrected chi connectivity index (χ1v) is 7.65. The number of nitriles is 1. The van der Waals surface area contributed by atoms with E-state index in [1.54, 1.807) is 24.3 Å². The van der Waals surface area contributed by atoms with Crippen LogP contribution in [0.2, 0.25) is 0 Å². The lowest BCUT2D eigenvalue weighted by Gasteiger charge is -2.12. The highest BCUT2D eigenvalue weighted by Crippen LogP contribution is 2.13. The second-order valence-corrected chi connectivity index (χ2v) is 5.61. The van der Waals surface area contributed by atoms with Gasteiger partial charge in [-0.15, -0.1) is 0 Å². The number of hydrogen-bond donors (Lipinski definition) is 1. The number of anilines is 1. The summed E-state index contributed by atoms with van der Waals surface area (Å²) in [4.78, 5) is 14.1. The Kier molecular flexibility index (Phi) is 5.76. The zero-order chi connectivity index (χ0) is 16.7. The van der Waals surface area contributed by atoms with E-state index in [0.29, 0.717) is 17.7 Å². The Morgan fingerprint density at radius 3 is 2.57 bits per heavy atom. The van der Waals surface area contributed by atoms with Gasteiger partial charge in [-0.1, -0.05) is 18.2 Å². The van der Waals surface area contributed by atoms with Crippen LogP contribution >= 0.6 is 0 Å². The van der Waals surface area contributed by atoms with E-state index in [1.165, 1.54) is 11.3 Å². The molecular formula is C19H21N3O. The van der Waals surface area contributed by atoms with Crippen LogP contribution in [0.15, 0.2) is 48.5 Å². The average Bonchev–Trinajstić information content (AvgIpc) is 2.59. The topological polar surface area (TPSA) is 56.1 Å². The Morgan fingerprint density at radius 2 is 1.91 bits per heavy atom. The number of nitrogens with zero attached hydrogens (tertiary/aromatic N) is 2. The van der Waals surface area contributed by atoms with Gasteiger partial charge in [-0.05, 0) is 48.7 Å². The van der Waals surface area contributed by atoms with E-state index in [2.05, 4.69) is 34.5 Å². The molecule has 1 amide bonds. The molecular weight excluding hydrogens is 286 g/mol. The molecule has 0 saturated heterocycles. The Morgan fingerprint density at radius 1 is 1.17 bits per heavy atom. The summed E-state index contributed by atoms with van der Waals surface area (Å²) in [6.07, 6.45) is 1.80. The lowest BCUT2D eigenvalue weighted by Crippen LogP contribution is -2.24. The number of amides is 1. The molecule has 0 heterocycles. The molecule has 118 valence electrons. The normalized spacial score (nSPS) is 9.96. The van der Waals surface area contributed by atoms with Gasteiger partial charge in [-0.25, -0.2) is 0 Å². The van der Waals surface area contributed by atoms with Gasteiger partial charge < -0.3 is 10.2 Å². The first-order valence-electron chi connectivity index (χ1n) is 7.65. The third-order valence-electron chi connectivity index (χ3n) is 3.63. The molecule has 2 rings (SSSR count). The van der Waals surface area contributed by atoms with Gasteiger partial charge in [0.15, 0.2) is 0 Å². The molecule has 0 aromatic heterocycles. The molecule has 0 aliphatic heterocycles. The van der Waals surface area contributed by atoms with Crippen molar-refractivity contribution in [1.29, 1.82) is 5.26 Å². The molecule has 0 aliphatic rings. The van der Waals surface area contributed by atoms with Crippen molar-refractivity contribution >= 4 is 11.6 Å². The minimum atomic E-state index is -0.134. The van der Waals surface area contributed by atoms with Crippen molar-refractivity contribution in [3.63, 3.8) is 0 Å². The van der Waals surface area contributed by atoms with E-state index in [9.17, 15) is 4.79 Å². The number of carbonyl (C=O) groups is 1.